The van der Waals surface area contributed by atoms with Gasteiger partial charge in [0.1, 0.15) is 0 Å². The van der Waals surface area contributed by atoms with Crippen LogP contribution < -0.4 is 10.5 Å². The van der Waals surface area contributed by atoms with Crippen molar-refractivity contribution in [2.24, 2.45) is 5.73 Å². The van der Waals surface area contributed by atoms with Crippen molar-refractivity contribution in [2.45, 2.75) is 25.8 Å². The van der Waals surface area contributed by atoms with Gasteiger partial charge in [0.25, 0.3) is 0 Å². The van der Waals surface area contributed by atoms with Gasteiger partial charge >= 0.3 is 0 Å². The van der Waals surface area contributed by atoms with Crippen molar-refractivity contribution < 1.29 is 8.42 Å². The van der Waals surface area contributed by atoms with Crippen LogP contribution in [0.25, 0.3) is 0 Å². The van der Waals surface area contributed by atoms with Gasteiger partial charge in [0.15, 0.2) is 0 Å². The molecule has 1 aromatic heterocycles. The van der Waals surface area contributed by atoms with E-state index in [1.54, 1.807) is 12.1 Å². The molecule has 0 spiro atoms. The van der Waals surface area contributed by atoms with Crippen LogP contribution in [0.5, 0.6) is 0 Å². The van der Waals surface area contributed by atoms with Crippen molar-refractivity contribution in [3.05, 3.63) is 51.5 Å². The average molecular weight is 311 g/mol. The molecule has 3 N–H and O–H groups in total. The van der Waals surface area contributed by atoms with Crippen LogP contribution in [0, 0.1) is 6.92 Å². The molecule has 1 heterocycles. The first-order valence-corrected chi connectivity index (χ1v) is 8.68. The normalized spacial score (nSPS) is 11.7. The Hall–Kier alpha value is -1.28. The quantitative estimate of drug-likeness (QED) is 0.847. The summed E-state index contributed by atoms with van der Waals surface area (Å²) in [6.07, 6.45) is 0. The first kappa shape index (κ1) is 15.1. The molecule has 108 valence electrons. The SMILES string of the molecule is Cc1nc(CNS(=O)(=O)Cc2ccc(CN)cc2)cs1. The van der Waals surface area contributed by atoms with E-state index in [1.807, 2.05) is 24.4 Å². The number of nitrogens with one attached hydrogen (secondary N) is 1. The number of hydrogen-bond donors (Lipinski definition) is 2. The molecule has 2 rings (SSSR count). The summed E-state index contributed by atoms with van der Waals surface area (Å²) >= 11 is 1.51. The summed E-state index contributed by atoms with van der Waals surface area (Å²) in [5, 5.41) is 2.78. The fourth-order valence-electron chi connectivity index (χ4n) is 1.72. The van der Waals surface area contributed by atoms with Crippen molar-refractivity contribution in [3.8, 4) is 0 Å². The highest BCUT2D eigenvalue weighted by Gasteiger charge is 2.12. The van der Waals surface area contributed by atoms with Crippen LogP contribution in [-0.4, -0.2) is 13.4 Å². The average Bonchev–Trinajstić information content (AvgIpc) is 2.83. The second-order valence-electron chi connectivity index (χ2n) is 4.46. The zero-order valence-corrected chi connectivity index (χ0v) is 12.8. The largest absolute Gasteiger partial charge is 0.326 e. The molecular weight excluding hydrogens is 294 g/mol. The van der Waals surface area contributed by atoms with Crippen LogP contribution in [0.2, 0.25) is 0 Å². The van der Waals surface area contributed by atoms with Crippen LogP contribution in [-0.2, 0) is 28.9 Å². The molecule has 2 aromatic rings. The van der Waals surface area contributed by atoms with E-state index in [0.717, 1.165) is 21.8 Å². The Kier molecular flexibility index (Phi) is 4.87. The maximum Gasteiger partial charge on any atom is 0.216 e. The predicted molar refractivity (Wildman–Crippen MR) is 80.6 cm³/mol. The lowest BCUT2D eigenvalue weighted by atomic mass is 10.1. The zero-order valence-electron chi connectivity index (χ0n) is 11.2. The van der Waals surface area contributed by atoms with E-state index in [1.165, 1.54) is 11.3 Å². The monoisotopic (exact) mass is 311 g/mol. The number of aryl methyl sites for hydroxylation is 1. The van der Waals surface area contributed by atoms with Crippen LogP contribution in [0.3, 0.4) is 0 Å². The van der Waals surface area contributed by atoms with Crippen LogP contribution in [0.15, 0.2) is 29.6 Å². The van der Waals surface area contributed by atoms with Crippen LogP contribution in [0.4, 0.5) is 0 Å². The Morgan fingerprint density at radius 2 is 1.90 bits per heavy atom. The van der Waals surface area contributed by atoms with E-state index < -0.39 is 10.0 Å². The minimum absolute atomic E-state index is 0.0407. The standard InChI is InChI=1S/C13H17N3O2S2/c1-10-16-13(8-19-10)7-15-20(17,18)9-12-4-2-11(6-14)3-5-12/h2-5,8,15H,6-7,9,14H2,1H3. The maximum atomic E-state index is 12.0. The number of rotatable bonds is 6. The number of hydrogen-bond acceptors (Lipinski definition) is 5. The number of thiazole rings is 1. The van der Waals surface area contributed by atoms with Crippen molar-refractivity contribution in [1.29, 1.82) is 0 Å². The second-order valence-corrected chi connectivity index (χ2v) is 7.33. The molecule has 7 heteroatoms. The molecule has 0 fully saturated rings. The van der Waals surface area contributed by atoms with E-state index in [4.69, 9.17) is 5.73 Å². The third kappa shape index (κ3) is 4.38. The molecule has 20 heavy (non-hydrogen) atoms. The molecule has 0 saturated carbocycles. The Morgan fingerprint density at radius 1 is 1.25 bits per heavy atom. The summed E-state index contributed by atoms with van der Waals surface area (Å²) < 4.78 is 26.5. The van der Waals surface area contributed by atoms with Gasteiger partial charge in [-0.3, -0.25) is 0 Å². The number of nitrogens with zero attached hydrogens (tertiary/aromatic N) is 1. The van der Waals surface area contributed by atoms with E-state index in [9.17, 15) is 8.42 Å². The predicted octanol–water partition coefficient (Wildman–Crippen LogP) is 1.53. The van der Waals surface area contributed by atoms with E-state index in [0.29, 0.717) is 6.54 Å². The summed E-state index contributed by atoms with van der Waals surface area (Å²) in [5.41, 5.74) is 7.97. The number of aromatic nitrogens is 1. The van der Waals surface area contributed by atoms with Crippen molar-refractivity contribution >= 4 is 21.4 Å². The summed E-state index contributed by atoms with van der Waals surface area (Å²) in [6.45, 7) is 2.57. The molecule has 0 aliphatic heterocycles. The van der Waals surface area contributed by atoms with Crippen LogP contribution >= 0.6 is 11.3 Å². The fraction of sp³-hybridized carbons (Fsp3) is 0.308. The third-order valence-corrected chi connectivity index (χ3v) is 4.87. The summed E-state index contributed by atoms with van der Waals surface area (Å²) in [4.78, 5) is 4.22. The molecule has 0 amide bonds. The van der Waals surface area contributed by atoms with E-state index in [2.05, 4.69) is 9.71 Å². The van der Waals surface area contributed by atoms with Gasteiger partial charge in [0, 0.05) is 11.9 Å². The van der Waals surface area contributed by atoms with Crippen molar-refractivity contribution in [3.63, 3.8) is 0 Å². The number of nitrogens with two attached hydrogens (primary N) is 1. The highest BCUT2D eigenvalue weighted by atomic mass is 32.2. The molecule has 0 unspecified atom stereocenters. The lowest BCUT2D eigenvalue weighted by Crippen LogP contribution is -2.24. The lowest BCUT2D eigenvalue weighted by Gasteiger charge is -2.06. The van der Waals surface area contributed by atoms with Gasteiger partial charge in [-0.05, 0) is 18.1 Å². The summed E-state index contributed by atoms with van der Waals surface area (Å²) in [7, 11) is -3.36. The highest BCUT2D eigenvalue weighted by molar-refractivity contribution is 7.88. The van der Waals surface area contributed by atoms with Crippen molar-refractivity contribution in [2.75, 3.05) is 0 Å². The van der Waals surface area contributed by atoms with Gasteiger partial charge in [-0.15, -0.1) is 11.3 Å². The molecule has 0 aliphatic carbocycles. The summed E-state index contributed by atoms with van der Waals surface area (Å²) in [5.74, 6) is -0.0407. The van der Waals surface area contributed by atoms with Gasteiger partial charge in [-0.2, -0.15) is 0 Å². The topological polar surface area (TPSA) is 85.1 Å². The maximum absolute atomic E-state index is 12.0. The minimum atomic E-state index is -3.36. The second kappa shape index (κ2) is 6.45. The lowest BCUT2D eigenvalue weighted by molar-refractivity contribution is 0.579. The minimum Gasteiger partial charge on any atom is -0.326 e. The van der Waals surface area contributed by atoms with E-state index >= 15 is 0 Å². The molecule has 0 radical (unpaired) electrons. The molecule has 0 aliphatic rings. The first-order chi connectivity index (χ1) is 9.48. The molecule has 0 bridgehead atoms. The first-order valence-electron chi connectivity index (χ1n) is 6.15. The smallest absolute Gasteiger partial charge is 0.216 e. The zero-order chi connectivity index (χ0) is 14.6. The molecular formula is C13H17N3O2S2. The molecule has 0 atom stereocenters. The number of sulfonamides is 1. The van der Waals surface area contributed by atoms with Gasteiger partial charge < -0.3 is 5.73 Å². The Labute approximate surface area is 122 Å². The van der Waals surface area contributed by atoms with Crippen molar-refractivity contribution in [1.82, 2.24) is 9.71 Å². The van der Waals surface area contributed by atoms with Gasteiger partial charge in [0.2, 0.25) is 10.0 Å². The summed E-state index contributed by atoms with van der Waals surface area (Å²) in [6, 6.07) is 7.26. The third-order valence-electron chi connectivity index (χ3n) is 2.76. The molecule has 5 nitrogen and oxygen atoms in total. The van der Waals surface area contributed by atoms with E-state index in [-0.39, 0.29) is 12.3 Å². The van der Waals surface area contributed by atoms with Gasteiger partial charge in [-0.1, -0.05) is 24.3 Å². The highest BCUT2D eigenvalue weighted by Crippen LogP contribution is 2.10. The molecule has 1 aromatic carbocycles. The van der Waals surface area contributed by atoms with Gasteiger partial charge in [-0.25, -0.2) is 18.1 Å². The Morgan fingerprint density at radius 3 is 2.45 bits per heavy atom. The van der Waals surface area contributed by atoms with Gasteiger partial charge in [0.05, 0.1) is 23.0 Å². The Bertz CT molecular complexity index is 663. The number of benzene rings is 1. The molecule has 0 saturated heterocycles. The Balaban J connectivity index is 1.96. The fourth-order valence-corrected chi connectivity index (χ4v) is 3.43. The van der Waals surface area contributed by atoms with Crippen LogP contribution in [0.1, 0.15) is 21.8 Å².